The molecule has 2 heterocycles. The van der Waals surface area contributed by atoms with Gasteiger partial charge in [0.05, 0.1) is 6.10 Å². The Balaban J connectivity index is 1.28. The van der Waals surface area contributed by atoms with E-state index in [9.17, 15) is 9.90 Å². The quantitative estimate of drug-likeness (QED) is 0.531. The zero-order valence-electron chi connectivity index (χ0n) is 20.0. The minimum atomic E-state index is -0.493. The number of aliphatic hydroxyl groups is 1. The van der Waals surface area contributed by atoms with E-state index in [2.05, 4.69) is 61.3 Å². The third kappa shape index (κ3) is 3.56. The molecule has 1 saturated heterocycles. The summed E-state index contributed by atoms with van der Waals surface area (Å²) in [7, 11) is 0. The van der Waals surface area contributed by atoms with E-state index in [0.717, 1.165) is 23.2 Å². The highest BCUT2D eigenvalue weighted by Crippen LogP contribution is 2.51. The van der Waals surface area contributed by atoms with Crippen molar-refractivity contribution in [3.63, 3.8) is 0 Å². The van der Waals surface area contributed by atoms with Gasteiger partial charge in [-0.2, -0.15) is 0 Å². The fraction of sp³-hybridized carbons (Fsp3) is 0.400. The van der Waals surface area contributed by atoms with Gasteiger partial charge in [0.15, 0.2) is 0 Å². The van der Waals surface area contributed by atoms with E-state index in [0.29, 0.717) is 37.0 Å². The SMILES string of the molecule is CC(C)c1ccccc1-c1ccc2c(c1)[C@H](O)C[C@@]21CCN(C(=O)c2cccc(C3CC3)n2)C1. The summed E-state index contributed by atoms with van der Waals surface area (Å²) in [4.78, 5) is 19.9. The van der Waals surface area contributed by atoms with Crippen molar-refractivity contribution in [2.75, 3.05) is 13.1 Å². The van der Waals surface area contributed by atoms with Gasteiger partial charge in [-0.05, 0) is 77.6 Å². The normalized spacial score (nSPS) is 23.6. The number of amides is 1. The number of hydrogen-bond donors (Lipinski definition) is 1. The van der Waals surface area contributed by atoms with Crippen LogP contribution in [0, 0.1) is 0 Å². The molecule has 4 heteroatoms. The molecule has 3 aromatic rings. The summed E-state index contributed by atoms with van der Waals surface area (Å²) in [5, 5.41) is 11.1. The van der Waals surface area contributed by atoms with Crippen molar-refractivity contribution < 1.29 is 9.90 Å². The van der Waals surface area contributed by atoms with Crippen molar-refractivity contribution in [1.29, 1.82) is 0 Å². The van der Waals surface area contributed by atoms with Crippen LogP contribution < -0.4 is 0 Å². The van der Waals surface area contributed by atoms with Crippen LogP contribution in [0.25, 0.3) is 11.1 Å². The fourth-order valence-corrected chi connectivity index (χ4v) is 6.11. The molecular formula is C30H32N2O2. The third-order valence-corrected chi connectivity index (χ3v) is 8.09. The minimum Gasteiger partial charge on any atom is -0.388 e. The molecule has 174 valence electrons. The number of aliphatic hydroxyl groups excluding tert-OH is 1. The summed E-state index contributed by atoms with van der Waals surface area (Å²) in [6.45, 7) is 5.79. The average Bonchev–Trinajstić information content (AvgIpc) is 3.58. The number of carbonyl (C=O) groups excluding carboxylic acids is 1. The number of pyridine rings is 1. The molecule has 3 aliphatic rings. The van der Waals surface area contributed by atoms with Gasteiger partial charge in [-0.1, -0.05) is 56.3 Å². The van der Waals surface area contributed by atoms with E-state index >= 15 is 0 Å². The molecule has 4 nitrogen and oxygen atoms in total. The number of benzene rings is 2. The van der Waals surface area contributed by atoms with E-state index in [-0.39, 0.29) is 11.3 Å². The first-order valence-electron chi connectivity index (χ1n) is 12.6. The molecule has 6 rings (SSSR count). The van der Waals surface area contributed by atoms with E-state index in [1.54, 1.807) is 0 Å². The molecule has 34 heavy (non-hydrogen) atoms. The van der Waals surface area contributed by atoms with Gasteiger partial charge in [-0.15, -0.1) is 0 Å². The first-order valence-corrected chi connectivity index (χ1v) is 12.6. The van der Waals surface area contributed by atoms with Crippen molar-refractivity contribution in [3.8, 4) is 11.1 Å². The molecule has 1 saturated carbocycles. The van der Waals surface area contributed by atoms with Crippen molar-refractivity contribution in [3.05, 3.63) is 88.7 Å². The number of hydrogen-bond acceptors (Lipinski definition) is 3. The van der Waals surface area contributed by atoms with Crippen LogP contribution in [0.2, 0.25) is 0 Å². The Kier molecular flexibility index (Phi) is 5.11. The number of aromatic nitrogens is 1. The number of nitrogens with zero attached hydrogens (tertiary/aromatic N) is 2. The Morgan fingerprint density at radius 1 is 1.09 bits per heavy atom. The standard InChI is InChI=1S/C30H32N2O2/c1-19(2)22-6-3-4-7-23(22)21-12-13-25-24(16-21)28(33)17-30(25)14-15-32(18-30)29(34)27-9-5-8-26(31-27)20-10-11-20/h3-9,12-13,16,19-20,28,33H,10-11,14-15,17-18H2,1-2H3/t28-,30-/m1/s1. The largest absolute Gasteiger partial charge is 0.388 e. The molecule has 2 fully saturated rings. The van der Waals surface area contributed by atoms with Crippen molar-refractivity contribution in [1.82, 2.24) is 9.88 Å². The molecule has 1 N–H and O–H groups in total. The zero-order chi connectivity index (χ0) is 23.4. The summed E-state index contributed by atoms with van der Waals surface area (Å²) in [6, 6.07) is 21.0. The highest BCUT2D eigenvalue weighted by atomic mass is 16.3. The second-order valence-electron chi connectivity index (χ2n) is 10.7. The first kappa shape index (κ1) is 21.5. The predicted molar refractivity (Wildman–Crippen MR) is 134 cm³/mol. The van der Waals surface area contributed by atoms with Gasteiger partial charge >= 0.3 is 0 Å². The van der Waals surface area contributed by atoms with Crippen LogP contribution in [0.1, 0.15) is 90.3 Å². The molecular weight excluding hydrogens is 420 g/mol. The maximum atomic E-state index is 13.3. The lowest BCUT2D eigenvalue weighted by Gasteiger charge is -2.25. The highest BCUT2D eigenvalue weighted by molar-refractivity contribution is 5.92. The lowest BCUT2D eigenvalue weighted by molar-refractivity contribution is 0.0770. The van der Waals surface area contributed by atoms with Crippen LogP contribution in [-0.4, -0.2) is 34.0 Å². The minimum absolute atomic E-state index is 0.0183. The summed E-state index contributed by atoms with van der Waals surface area (Å²) >= 11 is 0. The molecule has 1 aliphatic heterocycles. The Labute approximate surface area is 201 Å². The summed E-state index contributed by atoms with van der Waals surface area (Å²) < 4.78 is 0. The molecule has 0 unspecified atom stereocenters. The van der Waals surface area contributed by atoms with Gasteiger partial charge in [-0.25, -0.2) is 4.98 Å². The molecule has 0 bridgehead atoms. The lowest BCUT2D eigenvalue weighted by atomic mass is 9.80. The van der Waals surface area contributed by atoms with Crippen molar-refractivity contribution in [2.24, 2.45) is 0 Å². The van der Waals surface area contributed by atoms with E-state index in [4.69, 9.17) is 0 Å². The Morgan fingerprint density at radius 3 is 2.71 bits per heavy atom. The summed E-state index contributed by atoms with van der Waals surface area (Å²) in [5.74, 6) is 0.983. The maximum absolute atomic E-state index is 13.3. The molecule has 2 atom stereocenters. The monoisotopic (exact) mass is 452 g/mol. The summed E-state index contributed by atoms with van der Waals surface area (Å²) in [6.07, 6.45) is 3.42. The first-order chi connectivity index (χ1) is 16.4. The number of likely N-dealkylation sites (tertiary alicyclic amines) is 1. The van der Waals surface area contributed by atoms with Crippen LogP contribution in [0.15, 0.2) is 60.7 Å². The molecule has 1 aromatic heterocycles. The van der Waals surface area contributed by atoms with Crippen LogP contribution in [0.4, 0.5) is 0 Å². The van der Waals surface area contributed by atoms with E-state index in [1.165, 1.54) is 29.5 Å². The van der Waals surface area contributed by atoms with E-state index in [1.807, 2.05) is 23.1 Å². The second kappa shape index (κ2) is 8.06. The zero-order valence-corrected chi connectivity index (χ0v) is 20.0. The van der Waals surface area contributed by atoms with Crippen LogP contribution in [-0.2, 0) is 5.41 Å². The molecule has 1 amide bonds. The van der Waals surface area contributed by atoms with Crippen LogP contribution in [0.3, 0.4) is 0 Å². The Bertz CT molecular complexity index is 1260. The Hall–Kier alpha value is -2.98. The Morgan fingerprint density at radius 2 is 1.91 bits per heavy atom. The molecule has 1 spiro atoms. The molecule has 2 aliphatic carbocycles. The fourth-order valence-electron chi connectivity index (χ4n) is 6.11. The lowest BCUT2D eigenvalue weighted by Crippen LogP contribution is -2.34. The van der Waals surface area contributed by atoms with Gasteiger partial charge in [0.1, 0.15) is 5.69 Å². The van der Waals surface area contributed by atoms with Gasteiger partial charge in [0.25, 0.3) is 5.91 Å². The topological polar surface area (TPSA) is 53.4 Å². The van der Waals surface area contributed by atoms with Crippen molar-refractivity contribution in [2.45, 2.75) is 62.9 Å². The second-order valence-corrected chi connectivity index (χ2v) is 10.7. The van der Waals surface area contributed by atoms with Gasteiger partial charge in [-0.3, -0.25) is 4.79 Å². The number of rotatable bonds is 4. The number of carbonyl (C=O) groups is 1. The van der Waals surface area contributed by atoms with Crippen LogP contribution in [0.5, 0.6) is 0 Å². The molecule has 2 aromatic carbocycles. The summed E-state index contributed by atoms with van der Waals surface area (Å²) in [5.41, 5.74) is 7.39. The third-order valence-electron chi connectivity index (χ3n) is 8.09. The van der Waals surface area contributed by atoms with Gasteiger partial charge in [0.2, 0.25) is 0 Å². The van der Waals surface area contributed by atoms with Crippen LogP contribution >= 0.6 is 0 Å². The highest BCUT2D eigenvalue weighted by Gasteiger charge is 2.49. The van der Waals surface area contributed by atoms with Gasteiger partial charge in [0, 0.05) is 30.1 Å². The molecule has 0 radical (unpaired) electrons. The van der Waals surface area contributed by atoms with Gasteiger partial charge < -0.3 is 10.0 Å². The maximum Gasteiger partial charge on any atom is 0.272 e. The number of fused-ring (bicyclic) bond motifs is 2. The predicted octanol–water partition coefficient (Wildman–Crippen LogP) is 5.97. The average molecular weight is 453 g/mol. The smallest absolute Gasteiger partial charge is 0.272 e. The van der Waals surface area contributed by atoms with Crippen molar-refractivity contribution >= 4 is 5.91 Å². The van der Waals surface area contributed by atoms with E-state index < -0.39 is 6.10 Å².